The Kier molecular flexibility index (Phi) is 19.9. The van der Waals surface area contributed by atoms with Gasteiger partial charge in [0.15, 0.2) is 6.10 Å². The summed E-state index contributed by atoms with van der Waals surface area (Å²) < 4.78 is 45.1. The van der Waals surface area contributed by atoms with Gasteiger partial charge in [-0.15, -0.1) is 0 Å². The van der Waals surface area contributed by atoms with Gasteiger partial charge in [0.25, 0.3) is 5.91 Å². The normalized spacial score (nSPS) is 32.0. The van der Waals surface area contributed by atoms with Crippen LogP contribution < -0.4 is 16.4 Å². The van der Waals surface area contributed by atoms with Crippen molar-refractivity contribution in [2.24, 2.45) is 17.6 Å². The van der Waals surface area contributed by atoms with Gasteiger partial charge in [0.2, 0.25) is 11.6 Å². The van der Waals surface area contributed by atoms with Gasteiger partial charge in [-0.05, 0) is 38.2 Å². The lowest BCUT2D eigenvalue weighted by Gasteiger charge is -2.30. The van der Waals surface area contributed by atoms with Crippen molar-refractivity contribution in [3.63, 3.8) is 0 Å². The predicted octanol–water partition coefficient (Wildman–Crippen LogP) is 1.82. The summed E-state index contributed by atoms with van der Waals surface area (Å²) in [6.07, 6.45) is 2.94. The number of Topliss-reactive ketones (excluding diaryl/α,β-unsaturated/α-hetero) is 1. The van der Waals surface area contributed by atoms with E-state index in [9.17, 15) is 24.3 Å². The molecule has 55 heavy (non-hydrogen) atoms. The van der Waals surface area contributed by atoms with E-state index in [0.717, 1.165) is 6.08 Å². The van der Waals surface area contributed by atoms with Gasteiger partial charge in [-0.25, -0.2) is 4.79 Å². The number of nitrogens with two attached hydrogens (primary N) is 1. The Labute approximate surface area is 323 Å². The van der Waals surface area contributed by atoms with Gasteiger partial charge in [0.05, 0.1) is 89.2 Å². The number of ether oxygens (including phenoxy) is 8. The number of fused-ring (bicyclic) bond motifs is 2. The first-order chi connectivity index (χ1) is 26.4. The summed E-state index contributed by atoms with van der Waals surface area (Å²) in [5.74, 6) is -2.40. The number of nitrogens with one attached hydrogen (secondary N) is 2. The molecule has 0 spiro atoms. The van der Waals surface area contributed by atoms with Crippen molar-refractivity contribution in [3.05, 3.63) is 58.5 Å². The summed E-state index contributed by atoms with van der Waals surface area (Å²) in [5.41, 5.74) is 6.27. The zero-order valence-corrected chi connectivity index (χ0v) is 32.8. The average Bonchev–Trinajstić information content (AvgIpc) is 3.16. The third kappa shape index (κ3) is 15.0. The van der Waals surface area contributed by atoms with Gasteiger partial charge in [0.1, 0.15) is 6.10 Å². The first-order valence-corrected chi connectivity index (χ1v) is 18.6. The van der Waals surface area contributed by atoms with Crippen LogP contribution in [0.5, 0.6) is 0 Å². The fourth-order valence-electron chi connectivity index (χ4n) is 6.31. The van der Waals surface area contributed by atoms with Crippen molar-refractivity contribution >= 4 is 23.6 Å². The zero-order chi connectivity index (χ0) is 40.3. The van der Waals surface area contributed by atoms with Crippen molar-refractivity contribution in [2.45, 2.75) is 71.1 Å². The van der Waals surface area contributed by atoms with E-state index < -0.39 is 60.0 Å². The Bertz CT molecular complexity index is 1440. The molecule has 1 fully saturated rings. The second-order valence-electron chi connectivity index (χ2n) is 13.7. The molecule has 16 heteroatoms. The van der Waals surface area contributed by atoms with E-state index in [2.05, 4.69) is 10.6 Å². The van der Waals surface area contributed by atoms with E-state index in [1.807, 2.05) is 6.92 Å². The summed E-state index contributed by atoms with van der Waals surface area (Å²) in [4.78, 5) is 53.0. The van der Waals surface area contributed by atoms with Crippen molar-refractivity contribution in [1.82, 2.24) is 10.6 Å². The predicted molar refractivity (Wildman–Crippen MR) is 201 cm³/mol. The molecule has 2 amide bonds. The Morgan fingerprint density at radius 1 is 0.964 bits per heavy atom. The number of hydrogen-bond donors (Lipinski definition) is 4. The molecule has 7 atom stereocenters. The molecular weight excluding hydrogens is 718 g/mol. The molecule has 3 rings (SSSR count). The Hall–Kier alpha value is -3.74. The molecule has 5 N–H and O–H groups in total. The van der Waals surface area contributed by atoms with Gasteiger partial charge in [-0.2, -0.15) is 0 Å². The number of carbonyl (C=O) groups is 4. The van der Waals surface area contributed by atoms with Crippen LogP contribution in [0.25, 0.3) is 0 Å². The smallest absolute Gasteiger partial charge is 0.405 e. The van der Waals surface area contributed by atoms with E-state index in [-0.39, 0.29) is 54.6 Å². The number of methoxy groups -OCH3 is 2. The van der Waals surface area contributed by atoms with Gasteiger partial charge in [-0.1, -0.05) is 38.2 Å². The zero-order valence-electron chi connectivity index (χ0n) is 32.8. The lowest BCUT2D eigenvalue weighted by molar-refractivity contribution is -0.120. The quantitative estimate of drug-likeness (QED) is 0.224. The Morgan fingerprint density at radius 3 is 2.22 bits per heavy atom. The van der Waals surface area contributed by atoms with Crippen LogP contribution in [0.2, 0.25) is 0 Å². The molecule has 2 heterocycles. The molecule has 0 aromatic carbocycles. The molecule has 16 nitrogen and oxygen atoms in total. The summed E-state index contributed by atoms with van der Waals surface area (Å²) in [6.45, 7) is 10.3. The minimum atomic E-state index is -1.01. The topological polar surface area (TPSA) is 212 Å². The van der Waals surface area contributed by atoms with E-state index in [1.54, 1.807) is 39.0 Å². The average molecular weight is 778 g/mol. The fraction of sp³-hybridized carbons (Fsp3) is 0.641. The number of primary amides is 1. The molecule has 2 bridgehead atoms. The number of carbonyl (C=O) groups excluding carboxylic acids is 4. The van der Waals surface area contributed by atoms with Crippen LogP contribution in [0.15, 0.2) is 58.5 Å². The van der Waals surface area contributed by atoms with Crippen LogP contribution in [0.3, 0.4) is 0 Å². The van der Waals surface area contributed by atoms with Gasteiger partial charge >= 0.3 is 6.09 Å². The van der Waals surface area contributed by atoms with Crippen molar-refractivity contribution < 1.29 is 62.2 Å². The highest BCUT2D eigenvalue weighted by atomic mass is 16.6. The maximum atomic E-state index is 14.1. The molecule has 0 radical (unpaired) electrons. The second-order valence-corrected chi connectivity index (χ2v) is 13.7. The van der Waals surface area contributed by atoms with Crippen LogP contribution in [0, 0.1) is 11.8 Å². The number of ketones is 2. The summed E-state index contributed by atoms with van der Waals surface area (Å²) in [7, 11) is 2.91. The highest BCUT2D eigenvalue weighted by Gasteiger charge is 2.34. The molecule has 0 saturated carbocycles. The molecule has 1 saturated heterocycles. The summed E-state index contributed by atoms with van der Waals surface area (Å²) >= 11 is 0. The van der Waals surface area contributed by atoms with Crippen LogP contribution >= 0.6 is 0 Å². The van der Waals surface area contributed by atoms with E-state index in [4.69, 9.17) is 43.6 Å². The highest BCUT2D eigenvalue weighted by Crippen LogP contribution is 2.29. The van der Waals surface area contributed by atoms with Crippen LogP contribution in [-0.2, 0) is 52.3 Å². The SMILES string of the molecule is CO[C@H]1/C=C\C=C(/C)C(=O)NC2=CC(=O)C(NCC3COCCOCCOCCOCCO3)=C(C[C@@H](C)C[C@H](OC)[C@H](O)[C@@H](C)/C=C(\C)[C@@H]1OC(N)=O)C2=O. The second kappa shape index (κ2) is 24.0. The lowest BCUT2D eigenvalue weighted by atomic mass is 9.85. The largest absolute Gasteiger partial charge is 0.439 e. The van der Waals surface area contributed by atoms with Crippen LogP contribution in [0.4, 0.5) is 4.79 Å². The molecule has 308 valence electrons. The molecule has 0 aromatic heterocycles. The number of amides is 2. The maximum Gasteiger partial charge on any atom is 0.405 e. The minimum Gasteiger partial charge on any atom is -0.439 e. The standard InChI is InChI=1S/C39H59N3O13/c1-24-18-29-34(41-22-28-23-53-15-14-51-11-10-50-12-13-52-16-17-54-28)31(43)21-30(36(29)45)42-38(46)25(2)8-7-9-32(48-5)37(55-39(40)47)27(4)20-26(3)35(44)33(19-24)49-6/h7-9,20-21,24,26,28,32-33,35,37,41,44H,10-19,22-23H2,1-6H3,(H2,40,47)(H,42,46)/b9-7-,25-8+,27-20+/t24-,26+,28?,32+,33+,35-,37+/m1/s1. The Balaban J connectivity index is 1.95. The van der Waals surface area contributed by atoms with Gasteiger partial charge < -0.3 is 59.4 Å². The van der Waals surface area contributed by atoms with Crippen LogP contribution in [-0.4, -0.2) is 139 Å². The minimum absolute atomic E-state index is 0.0831. The number of rotatable bonds is 6. The third-order valence-electron chi connectivity index (χ3n) is 9.30. The molecule has 0 aromatic rings. The highest BCUT2D eigenvalue weighted by molar-refractivity contribution is 6.23. The number of allylic oxidation sites excluding steroid dienone is 4. The number of aliphatic hydroxyl groups is 1. The third-order valence-corrected chi connectivity index (χ3v) is 9.30. The van der Waals surface area contributed by atoms with Crippen molar-refractivity contribution in [3.8, 4) is 0 Å². The molecule has 1 aliphatic carbocycles. The number of hydrogen-bond acceptors (Lipinski definition) is 14. The maximum absolute atomic E-state index is 14.1. The van der Waals surface area contributed by atoms with E-state index >= 15 is 0 Å². The van der Waals surface area contributed by atoms with Crippen molar-refractivity contribution in [2.75, 3.05) is 80.2 Å². The van der Waals surface area contributed by atoms with E-state index in [1.165, 1.54) is 20.3 Å². The lowest BCUT2D eigenvalue weighted by Crippen LogP contribution is -2.40. The fourth-order valence-corrected chi connectivity index (χ4v) is 6.31. The summed E-state index contributed by atoms with van der Waals surface area (Å²) in [6, 6.07) is 0. The van der Waals surface area contributed by atoms with Gasteiger partial charge in [0, 0.05) is 43.9 Å². The molecule has 3 aliphatic rings. The monoisotopic (exact) mass is 777 g/mol. The first kappa shape index (κ1) is 45.6. The van der Waals surface area contributed by atoms with E-state index in [0.29, 0.717) is 58.2 Å². The Morgan fingerprint density at radius 2 is 1.60 bits per heavy atom. The summed E-state index contributed by atoms with van der Waals surface area (Å²) in [5, 5.41) is 17.2. The van der Waals surface area contributed by atoms with Crippen molar-refractivity contribution in [1.29, 1.82) is 0 Å². The molecular formula is C39H59N3O13. The molecule has 1 unspecified atom stereocenters. The molecule has 2 aliphatic heterocycles. The van der Waals surface area contributed by atoms with Crippen LogP contribution in [0.1, 0.15) is 40.5 Å². The first-order valence-electron chi connectivity index (χ1n) is 18.6. The number of aliphatic hydroxyl groups excluding tert-OH is 1. The van der Waals surface area contributed by atoms with Gasteiger partial charge in [-0.3, -0.25) is 14.4 Å².